The van der Waals surface area contributed by atoms with E-state index in [1.807, 2.05) is 84.9 Å². The van der Waals surface area contributed by atoms with Gasteiger partial charge in [0.05, 0.1) is 17.4 Å². The summed E-state index contributed by atoms with van der Waals surface area (Å²) >= 11 is 1.62. The molecule has 0 saturated heterocycles. The number of rotatable bonds is 39. The Kier molecular flexibility index (Phi) is 31.3. The molecule has 0 radical (unpaired) electrons. The first-order valence-electron chi connectivity index (χ1n) is 35.4. The predicted molar refractivity (Wildman–Crippen MR) is 396 cm³/mol. The Morgan fingerprint density at radius 2 is 0.861 bits per heavy atom. The van der Waals surface area contributed by atoms with Crippen LogP contribution in [0.2, 0.25) is 0 Å². The van der Waals surface area contributed by atoms with Gasteiger partial charge in [-0.2, -0.15) is 0 Å². The predicted octanol–water partition coefficient (Wildman–Crippen LogP) is 10.3. The molecule has 5 amide bonds. The lowest BCUT2D eigenvalue weighted by molar-refractivity contribution is -0.124. The maximum atomic E-state index is 13.8. The summed E-state index contributed by atoms with van der Waals surface area (Å²) in [6.07, 6.45) is 19.6. The van der Waals surface area contributed by atoms with Crippen molar-refractivity contribution in [1.82, 2.24) is 58.6 Å². The summed E-state index contributed by atoms with van der Waals surface area (Å²) in [4.78, 5) is 122. The molecule has 8 rings (SSSR count). The van der Waals surface area contributed by atoms with Gasteiger partial charge in [0, 0.05) is 66.5 Å². The summed E-state index contributed by atoms with van der Waals surface area (Å²) in [6.45, 7) is 7.27. The molecule has 24 nitrogen and oxygen atoms in total. The smallest absolute Gasteiger partial charge is 0.408 e. The summed E-state index contributed by atoms with van der Waals surface area (Å²) < 4.78 is 18.9. The number of carbonyl (C=O) groups excluding carboxylic acids is 5. The van der Waals surface area contributed by atoms with Crippen molar-refractivity contribution in [2.24, 2.45) is 33.9 Å². The lowest BCUT2D eigenvalue weighted by atomic mass is 9.84. The van der Waals surface area contributed by atoms with E-state index in [0.717, 1.165) is 138 Å². The number of fused-ring (bicyclic) bond motifs is 2. The fourth-order valence-corrected chi connectivity index (χ4v) is 13.8. The van der Waals surface area contributed by atoms with Crippen LogP contribution in [0, 0.1) is 0 Å². The van der Waals surface area contributed by atoms with E-state index in [2.05, 4.69) is 67.6 Å². The monoisotopic (exact) mass is 1410 g/mol. The van der Waals surface area contributed by atoms with Crippen LogP contribution in [0.4, 0.5) is 9.59 Å². The van der Waals surface area contributed by atoms with E-state index >= 15 is 0 Å². The highest BCUT2D eigenvalue weighted by Crippen LogP contribution is 2.48. The van der Waals surface area contributed by atoms with Gasteiger partial charge >= 0.3 is 23.6 Å². The molecular weight excluding hydrogens is 1300 g/mol. The molecule has 6 N–H and O–H groups in total. The number of aromatic nitrogens is 8. The van der Waals surface area contributed by atoms with Gasteiger partial charge in [0.25, 0.3) is 11.1 Å². The molecule has 0 aliphatic rings. The largest absolute Gasteiger partial charge is 0.445 e. The van der Waals surface area contributed by atoms with Crippen molar-refractivity contribution in [1.29, 1.82) is 0 Å². The van der Waals surface area contributed by atoms with E-state index in [1.165, 1.54) is 18.3 Å². The van der Waals surface area contributed by atoms with Crippen LogP contribution in [0.15, 0.2) is 153 Å². The summed E-state index contributed by atoms with van der Waals surface area (Å²) in [7, 11) is 6.80. The molecule has 0 fully saturated rings. The molecule has 0 spiro atoms. The minimum absolute atomic E-state index is 0.0327. The molecule has 2 unspecified atom stereocenters. The van der Waals surface area contributed by atoms with Crippen molar-refractivity contribution >= 4 is 64.0 Å². The molecule has 4 aromatic heterocycles. The van der Waals surface area contributed by atoms with Crippen molar-refractivity contribution in [2.45, 2.75) is 191 Å². The number of amides is 5. The summed E-state index contributed by atoms with van der Waals surface area (Å²) in [6, 6.07) is 38.3. The summed E-state index contributed by atoms with van der Waals surface area (Å²) in [5, 5.41) is 11.3. The lowest BCUT2D eigenvalue weighted by Gasteiger charge is -2.36. The molecular formula is C76H103N13O11S. The van der Waals surface area contributed by atoms with Crippen LogP contribution < -0.4 is 49.5 Å². The number of hydrogen-bond donors (Lipinski definition) is 5. The number of primary amides is 1. The van der Waals surface area contributed by atoms with E-state index in [-0.39, 0.29) is 53.8 Å². The molecule has 101 heavy (non-hydrogen) atoms. The Morgan fingerprint density at radius 1 is 0.495 bits per heavy atom. The second kappa shape index (κ2) is 40.1. The summed E-state index contributed by atoms with van der Waals surface area (Å²) in [5.41, 5.74) is 9.03. The Labute approximate surface area is 595 Å². The molecule has 0 bridgehead atoms. The minimum atomic E-state index is -0.912. The number of carbonyl (C=O) groups is 5. The fraction of sp³-hybridized carbons (Fsp3) is 0.487. The third-order valence-corrected chi connectivity index (χ3v) is 19.3. The zero-order valence-corrected chi connectivity index (χ0v) is 60.6. The van der Waals surface area contributed by atoms with Gasteiger partial charge < -0.3 is 45.6 Å². The number of nitrogens with two attached hydrogens (primary N) is 1. The standard InChI is InChI=1S/C45H58N6O5S.C31H45N7O6/c1-44(2,3)56-42(54)48-37(32-57-45(34-24-16-13-17-25-34,35-26-18-14-19-27-35)36-28-20-15-21-29-36)40(52)46-30-22-11-9-7-6-8-10-12-23-31-51-41(53)38-39(47-33-49(38)4)50(5)43(51)55;1-36-22-34-27-26(36)29(41)38(31(43)37(27)2)20-14-9-7-5-3-4-6-8-13-19-33-28(40)24(17-18-25(32)39)35-30(42)44-21-23-15-11-10-12-16-23/h13-21,24-29,33,37H,6-12,22-23,30-32H2,1-5H3,(H,46,52)(H,48,54);10-12,15-16,22,24H,3-9,13-14,17-21H2,1-2H3,(H2,32,39)(H,33,40)(H,35,42). The molecule has 0 saturated carbocycles. The first-order chi connectivity index (χ1) is 48.6. The number of ether oxygens (including phenoxy) is 2. The lowest BCUT2D eigenvalue weighted by Crippen LogP contribution is -2.50. The van der Waals surface area contributed by atoms with Crippen molar-refractivity contribution < 1.29 is 33.4 Å². The maximum absolute atomic E-state index is 13.8. The number of thioether (sulfide) groups is 1. The number of nitrogens with zero attached hydrogens (tertiary/aromatic N) is 8. The molecule has 2 atom stereocenters. The number of benzene rings is 4. The van der Waals surface area contributed by atoms with Gasteiger partial charge in [-0.15, -0.1) is 11.8 Å². The first-order valence-corrected chi connectivity index (χ1v) is 36.4. The van der Waals surface area contributed by atoms with Crippen LogP contribution >= 0.6 is 11.8 Å². The average molecular weight is 1410 g/mol. The van der Waals surface area contributed by atoms with Crippen molar-refractivity contribution in [3.05, 3.63) is 198 Å². The van der Waals surface area contributed by atoms with E-state index in [4.69, 9.17) is 15.2 Å². The Morgan fingerprint density at radius 3 is 1.26 bits per heavy atom. The van der Waals surface area contributed by atoms with Crippen LogP contribution in [0.1, 0.15) is 171 Å². The van der Waals surface area contributed by atoms with Gasteiger partial charge in [0.2, 0.25) is 17.7 Å². The fourth-order valence-electron chi connectivity index (χ4n) is 12.2. The Balaban J connectivity index is 0.000000293. The normalized spacial score (nSPS) is 12.1. The second-order valence-electron chi connectivity index (χ2n) is 26.7. The van der Waals surface area contributed by atoms with Crippen LogP contribution in [0.3, 0.4) is 0 Å². The SMILES string of the molecule is Cn1cnc2c1c(=O)n(CCCCCCCCCCCNC(=O)C(CCC(N)=O)NC(=O)OCc1ccccc1)c(=O)n2C.Cn1cnc2c1c(=O)n(CCCCCCCCCCCNC(=O)C(CSC(c1ccccc1)(c1ccccc1)c1ccccc1)NC(=O)OC(C)(C)C)c(=O)n2C. The van der Waals surface area contributed by atoms with Gasteiger partial charge in [-0.05, 0) is 75.1 Å². The molecule has 0 aliphatic carbocycles. The quantitative estimate of drug-likeness (QED) is 0.0177. The van der Waals surface area contributed by atoms with Gasteiger partial charge in [-0.3, -0.25) is 42.2 Å². The molecule has 4 heterocycles. The maximum Gasteiger partial charge on any atom is 0.408 e. The number of hydrogen-bond acceptors (Lipinski definition) is 14. The zero-order valence-electron chi connectivity index (χ0n) is 59.8. The van der Waals surface area contributed by atoms with E-state index < -0.39 is 40.5 Å². The summed E-state index contributed by atoms with van der Waals surface area (Å²) in [5.74, 6) is -0.859. The number of alkyl carbamates (subject to hydrolysis) is 2. The highest BCUT2D eigenvalue weighted by atomic mass is 32.2. The van der Waals surface area contributed by atoms with Crippen LogP contribution in [-0.2, 0) is 76.5 Å². The molecule has 25 heteroatoms. The van der Waals surface area contributed by atoms with Crippen molar-refractivity contribution in [3.63, 3.8) is 0 Å². The number of unbranched alkanes of at least 4 members (excludes halogenated alkanes) is 16. The number of aryl methyl sites for hydroxylation is 4. The van der Waals surface area contributed by atoms with E-state index in [1.54, 1.807) is 82.5 Å². The van der Waals surface area contributed by atoms with Crippen LogP contribution in [0.25, 0.3) is 22.3 Å². The zero-order chi connectivity index (χ0) is 72.7. The first kappa shape index (κ1) is 78.8. The second-order valence-corrected chi connectivity index (χ2v) is 27.9. The Hall–Kier alpha value is -9.52. The number of imidazole rings is 2. The highest BCUT2D eigenvalue weighted by Gasteiger charge is 2.39. The molecule has 544 valence electrons. The van der Waals surface area contributed by atoms with Gasteiger partial charge in [-0.1, -0.05) is 211 Å². The van der Waals surface area contributed by atoms with Gasteiger partial charge in [0.15, 0.2) is 22.3 Å². The Bertz CT molecular complexity index is 4090. The van der Waals surface area contributed by atoms with E-state index in [0.29, 0.717) is 54.3 Å². The third-order valence-electron chi connectivity index (χ3n) is 17.6. The van der Waals surface area contributed by atoms with E-state index in [9.17, 15) is 43.2 Å². The average Bonchev–Trinajstić information content (AvgIpc) is 1.01. The third kappa shape index (κ3) is 23.5. The van der Waals surface area contributed by atoms with Crippen LogP contribution in [-0.4, -0.2) is 104 Å². The molecule has 8 aromatic rings. The van der Waals surface area contributed by atoms with Gasteiger partial charge in [-0.25, -0.2) is 29.1 Å². The number of nitrogens with one attached hydrogen (secondary N) is 4. The molecule has 0 aliphatic heterocycles. The minimum Gasteiger partial charge on any atom is -0.445 e. The van der Waals surface area contributed by atoms with Crippen molar-refractivity contribution in [2.75, 3.05) is 18.8 Å². The highest BCUT2D eigenvalue weighted by molar-refractivity contribution is 8.00. The molecule has 4 aromatic carbocycles. The van der Waals surface area contributed by atoms with Crippen molar-refractivity contribution in [3.8, 4) is 0 Å². The van der Waals surface area contributed by atoms with Crippen LogP contribution in [0.5, 0.6) is 0 Å². The topological polar surface area (TPSA) is 302 Å². The van der Waals surface area contributed by atoms with Gasteiger partial charge in [0.1, 0.15) is 24.3 Å².